The van der Waals surface area contributed by atoms with Crippen molar-refractivity contribution >= 4 is 34.1 Å². The van der Waals surface area contributed by atoms with Crippen LogP contribution in [0.15, 0.2) is 22.1 Å². The summed E-state index contributed by atoms with van der Waals surface area (Å²) in [5.41, 5.74) is 8.32. The zero-order valence-corrected chi connectivity index (χ0v) is 18.2. The Bertz CT molecular complexity index is 1100. The highest BCUT2D eigenvalue weighted by Crippen LogP contribution is 2.42. The number of hydrogen-bond donors (Lipinski definition) is 3. The van der Waals surface area contributed by atoms with Gasteiger partial charge in [-0.05, 0) is 39.8 Å². The summed E-state index contributed by atoms with van der Waals surface area (Å²) in [6.07, 6.45) is 0. The zero-order valence-electron chi connectivity index (χ0n) is 17.4. The first-order valence-corrected chi connectivity index (χ1v) is 10.3. The molecule has 4 N–H and O–H groups in total. The summed E-state index contributed by atoms with van der Waals surface area (Å²) < 4.78 is 11.8. The molecular weight excluding hydrogens is 406 g/mol. The van der Waals surface area contributed by atoms with E-state index < -0.39 is 11.3 Å². The number of benzene rings is 1. The fourth-order valence-electron chi connectivity index (χ4n) is 3.44. The van der Waals surface area contributed by atoms with Crippen LogP contribution in [0, 0.1) is 13.8 Å². The molecule has 2 amide bonds. The molecule has 0 saturated carbocycles. The Labute approximate surface area is 178 Å². The van der Waals surface area contributed by atoms with Gasteiger partial charge in [0.25, 0.3) is 5.91 Å². The Morgan fingerprint density at radius 2 is 2.07 bits per heavy atom. The lowest BCUT2D eigenvalue weighted by Crippen LogP contribution is -2.41. The number of furan rings is 1. The lowest BCUT2D eigenvalue weighted by Gasteiger charge is -2.27. The normalized spacial score (nSPS) is 11.6. The second-order valence-corrected chi connectivity index (χ2v) is 8.40. The van der Waals surface area contributed by atoms with Crippen LogP contribution in [0.3, 0.4) is 0 Å². The SMILES string of the molecule is Cc1ncsc1COc1ccc2oc(C)c(C(N)=O)c2c1C(C)(C)C(=O)NCCO. The Kier molecular flexibility index (Phi) is 6.14. The third-order valence-corrected chi connectivity index (χ3v) is 5.94. The van der Waals surface area contributed by atoms with Crippen molar-refractivity contribution in [3.8, 4) is 5.75 Å². The van der Waals surface area contributed by atoms with Crippen LogP contribution in [0.2, 0.25) is 0 Å². The van der Waals surface area contributed by atoms with Gasteiger partial charge < -0.3 is 25.3 Å². The first-order chi connectivity index (χ1) is 14.2. The predicted octanol–water partition coefficient (Wildman–Crippen LogP) is 2.57. The third kappa shape index (κ3) is 3.90. The average Bonchev–Trinajstić information content (AvgIpc) is 3.25. The number of carbonyl (C=O) groups excluding carboxylic acids is 2. The first-order valence-electron chi connectivity index (χ1n) is 9.45. The number of thiazole rings is 1. The number of aryl methyl sites for hydroxylation is 2. The van der Waals surface area contributed by atoms with Crippen molar-refractivity contribution in [1.29, 1.82) is 0 Å². The molecule has 0 fully saturated rings. The van der Waals surface area contributed by atoms with Crippen LogP contribution in [0.25, 0.3) is 11.0 Å². The molecule has 0 saturated heterocycles. The fraction of sp³-hybridized carbons (Fsp3) is 0.381. The van der Waals surface area contributed by atoms with Gasteiger partial charge in [-0.3, -0.25) is 9.59 Å². The van der Waals surface area contributed by atoms with E-state index in [1.807, 2.05) is 6.92 Å². The van der Waals surface area contributed by atoms with Gasteiger partial charge in [-0.1, -0.05) is 0 Å². The molecule has 0 aliphatic heterocycles. The Balaban J connectivity index is 2.19. The monoisotopic (exact) mass is 431 g/mol. The number of aromatic nitrogens is 1. The maximum absolute atomic E-state index is 13.0. The molecule has 2 aromatic heterocycles. The summed E-state index contributed by atoms with van der Waals surface area (Å²) >= 11 is 1.48. The van der Waals surface area contributed by atoms with Crippen molar-refractivity contribution in [2.45, 2.75) is 39.7 Å². The van der Waals surface area contributed by atoms with Gasteiger partial charge >= 0.3 is 0 Å². The van der Waals surface area contributed by atoms with E-state index in [2.05, 4.69) is 10.3 Å². The van der Waals surface area contributed by atoms with Crippen LogP contribution in [0.1, 0.15) is 46.1 Å². The molecule has 3 rings (SSSR count). The van der Waals surface area contributed by atoms with Gasteiger partial charge in [-0.15, -0.1) is 11.3 Å². The van der Waals surface area contributed by atoms with Gasteiger partial charge in [0.2, 0.25) is 5.91 Å². The number of amides is 2. The minimum atomic E-state index is -1.10. The molecule has 3 aromatic rings. The smallest absolute Gasteiger partial charge is 0.252 e. The van der Waals surface area contributed by atoms with Crippen molar-refractivity contribution < 1.29 is 23.8 Å². The van der Waals surface area contributed by atoms with E-state index in [1.165, 1.54) is 11.3 Å². The molecule has 0 atom stereocenters. The van der Waals surface area contributed by atoms with Gasteiger partial charge in [0, 0.05) is 17.5 Å². The largest absolute Gasteiger partial charge is 0.488 e. The van der Waals surface area contributed by atoms with Gasteiger partial charge in [0.1, 0.15) is 23.7 Å². The number of primary amides is 1. The van der Waals surface area contributed by atoms with Gasteiger partial charge in [-0.2, -0.15) is 0 Å². The summed E-state index contributed by atoms with van der Waals surface area (Å²) in [7, 11) is 0. The predicted molar refractivity (Wildman–Crippen MR) is 114 cm³/mol. The Hall–Kier alpha value is -2.91. The molecule has 9 heteroatoms. The molecule has 0 unspecified atom stereocenters. The van der Waals surface area contributed by atoms with E-state index in [-0.39, 0.29) is 31.2 Å². The number of aliphatic hydroxyl groups excluding tert-OH is 1. The summed E-state index contributed by atoms with van der Waals surface area (Å²) in [5.74, 6) is -0.143. The van der Waals surface area contributed by atoms with Crippen molar-refractivity contribution in [3.05, 3.63) is 45.1 Å². The summed E-state index contributed by atoms with van der Waals surface area (Å²) in [4.78, 5) is 30.3. The maximum atomic E-state index is 13.0. The summed E-state index contributed by atoms with van der Waals surface area (Å²) in [5, 5.41) is 12.3. The molecule has 0 bridgehead atoms. The lowest BCUT2D eigenvalue weighted by molar-refractivity contribution is -0.125. The molecular formula is C21H25N3O5S. The van der Waals surface area contributed by atoms with E-state index in [0.717, 1.165) is 10.6 Å². The highest BCUT2D eigenvalue weighted by molar-refractivity contribution is 7.09. The first kappa shape index (κ1) is 21.8. The lowest BCUT2D eigenvalue weighted by atomic mass is 9.80. The molecule has 160 valence electrons. The van der Waals surface area contributed by atoms with E-state index >= 15 is 0 Å². The number of rotatable bonds is 8. The van der Waals surface area contributed by atoms with Crippen LogP contribution in [-0.2, 0) is 16.8 Å². The number of nitrogens with two attached hydrogens (primary N) is 1. The second-order valence-electron chi connectivity index (χ2n) is 7.46. The topological polar surface area (TPSA) is 128 Å². The number of fused-ring (bicyclic) bond motifs is 1. The van der Waals surface area contributed by atoms with Gasteiger partial charge in [-0.25, -0.2) is 4.98 Å². The molecule has 0 aliphatic carbocycles. The van der Waals surface area contributed by atoms with Gasteiger partial charge in [0.05, 0.1) is 33.7 Å². The molecule has 30 heavy (non-hydrogen) atoms. The summed E-state index contributed by atoms with van der Waals surface area (Å²) in [6.45, 7) is 7.21. The molecule has 1 aromatic carbocycles. The standard InChI is InChI=1S/C21H25N3O5S/c1-11-15(30-10-24-11)9-28-14-6-5-13-17(16(19(22)26)12(2)29-13)18(14)21(3,4)20(27)23-7-8-25/h5-6,10,25H,7-9H2,1-4H3,(H2,22,26)(H,23,27). The second kappa shape index (κ2) is 8.45. The number of nitrogens with zero attached hydrogens (tertiary/aromatic N) is 1. The van der Waals surface area contributed by atoms with Crippen LogP contribution >= 0.6 is 11.3 Å². The van der Waals surface area contributed by atoms with E-state index in [4.69, 9.17) is 20.0 Å². The number of nitrogens with one attached hydrogen (secondary N) is 1. The van der Waals surface area contributed by atoms with Crippen LogP contribution < -0.4 is 15.8 Å². The van der Waals surface area contributed by atoms with Crippen molar-refractivity contribution in [2.24, 2.45) is 5.73 Å². The van der Waals surface area contributed by atoms with Crippen molar-refractivity contribution in [2.75, 3.05) is 13.2 Å². The minimum Gasteiger partial charge on any atom is -0.488 e. The molecule has 2 heterocycles. The minimum absolute atomic E-state index is 0.113. The van der Waals surface area contributed by atoms with Crippen LogP contribution in [-0.4, -0.2) is 35.1 Å². The van der Waals surface area contributed by atoms with Crippen LogP contribution in [0.5, 0.6) is 5.75 Å². The van der Waals surface area contributed by atoms with E-state index in [1.54, 1.807) is 38.4 Å². The Morgan fingerprint density at radius 1 is 1.33 bits per heavy atom. The van der Waals surface area contributed by atoms with E-state index in [9.17, 15) is 9.59 Å². The molecule has 8 nitrogen and oxygen atoms in total. The van der Waals surface area contributed by atoms with Crippen molar-refractivity contribution in [3.63, 3.8) is 0 Å². The van der Waals surface area contributed by atoms with Crippen molar-refractivity contribution in [1.82, 2.24) is 10.3 Å². The highest BCUT2D eigenvalue weighted by atomic mass is 32.1. The quantitative estimate of drug-likeness (QED) is 0.503. The Morgan fingerprint density at radius 3 is 2.67 bits per heavy atom. The summed E-state index contributed by atoms with van der Waals surface area (Å²) in [6, 6.07) is 3.43. The molecule has 0 aliphatic rings. The third-order valence-electron chi connectivity index (χ3n) is 5.03. The van der Waals surface area contributed by atoms with Gasteiger partial charge in [0.15, 0.2) is 0 Å². The highest BCUT2D eigenvalue weighted by Gasteiger charge is 2.37. The maximum Gasteiger partial charge on any atom is 0.252 e. The van der Waals surface area contributed by atoms with E-state index in [0.29, 0.717) is 28.0 Å². The fourth-order valence-corrected chi connectivity index (χ4v) is 4.13. The molecule has 0 spiro atoms. The number of hydrogen-bond acceptors (Lipinski definition) is 7. The number of aliphatic hydroxyl groups is 1. The average molecular weight is 432 g/mol. The van der Waals surface area contributed by atoms with Crippen LogP contribution in [0.4, 0.5) is 0 Å². The zero-order chi connectivity index (χ0) is 22.1. The molecule has 0 radical (unpaired) electrons. The number of carbonyl (C=O) groups is 2. The number of ether oxygens (including phenoxy) is 1.